The Bertz CT molecular complexity index is 405. The second-order valence-electron chi connectivity index (χ2n) is 4.79. The van der Waals surface area contributed by atoms with Gasteiger partial charge in [0.15, 0.2) is 0 Å². The van der Waals surface area contributed by atoms with Gasteiger partial charge in [-0.1, -0.05) is 36.2 Å². The molecule has 0 radical (unpaired) electrons. The quantitative estimate of drug-likeness (QED) is 0.905. The highest BCUT2D eigenvalue weighted by molar-refractivity contribution is 9.10. The van der Waals surface area contributed by atoms with Gasteiger partial charge >= 0.3 is 0 Å². The van der Waals surface area contributed by atoms with Crippen molar-refractivity contribution in [3.8, 4) is 5.75 Å². The number of halogens is 1. The third kappa shape index (κ3) is 2.50. The highest BCUT2D eigenvalue weighted by Gasteiger charge is 2.38. The van der Waals surface area contributed by atoms with E-state index in [4.69, 9.17) is 4.74 Å². The summed E-state index contributed by atoms with van der Waals surface area (Å²) in [6.45, 7) is 4.29. The Balaban J connectivity index is 2.35. The average molecular weight is 299 g/mol. The Morgan fingerprint density at radius 3 is 2.88 bits per heavy atom. The minimum Gasteiger partial charge on any atom is -0.487 e. The molecule has 1 aromatic rings. The van der Waals surface area contributed by atoms with E-state index in [1.807, 2.05) is 18.2 Å². The third-order valence-corrected chi connectivity index (χ3v) is 4.07. The largest absolute Gasteiger partial charge is 0.487 e. The van der Waals surface area contributed by atoms with E-state index >= 15 is 0 Å². The number of hydrogen-bond acceptors (Lipinski definition) is 2. The summed E-state index contributed by atoms with van der Waals surface area (Å²) in [4.78, 5) is 0. The van der Waals surface area contributed by atoms with Crippen LogP contribution in [0.1, 0.15) is 51.2 Å². The van der Waals surface area contributed by atoms with Crippen LogP contribution in [0.4, 0.5) is 0 Å². The first kappa shape index (κ1) is 12.9. The van der Waals surface area contributed by atoms with Crippen molar-refractivity contribution >= 4 is 15.9 Å². The van der Waals surface area contributed by atoms with Crippen LogP contribution < -0.4 is 4.74 Å². The lowest BCUT2D eigenvalue weighted by atomic mass is 9.84. The lowest BCUT2D eigenvalue weighted by Gasteiger charge is -2.40. The second kappa shape index (κ2) is 4.99. The van der Waals surface area contributed by atoms with Crippen LogP contribution in [-0.2, 0) is 0 Å². The Hall–Kier alpha value is -0.540. The van der Waals surface area contributed by atoms with E-state index in [0.29, 0.717) is 6.42 Å². The summed E-state index contributed by atoms with van der Waals surface area (Å²) in [5, 5.41) is 10.3. The lowest BCUT2D eigenvalue weighted by molar-refractivity contribution is -0.0232. The maximum absolute atomic E-state index is 10.3. The number of benzene rings is 1. The summed E-state index contributed by atoms with van der Waals surface area (Å²) in [7, 11) is 0. The second-order valence-corrected chi connectivity index (χ2v) is 5.71. The van der Waals surface area contributed by atoms with Crippen molar-refractivity contribution in [1.29, 1.82) is 0 Å². The molecule has 2 nitrogen and oxygen atoms in total. The minimum atomic E-state index is -0.414. The summed E-state index contributed by atoms with van der Waals surface area (Å²) in [5.41, 5.74) is 0.717. The predicted molar refractivity (Wildman–Crippen MR) is 72.3 cm³/mol. The maximum Gasteiger partial charge on any atom is 0.126 e. The molecule has 0 fully saturated rings. The van der Waals surface area contributed by atoms with Gasteiger partial charge in [-0.05, 0) is 31.0 Å². The zero-order chi connectivity index (χ0) is 12.5. The van der Waals surface area contributed by atoms with Gasteiger partial charge in [0.1, 0.15) is 11.4 Å². The van der Waals surface area contributed by atoms with Crippen LogP contribution in [-0.4, -0.2) is 10.7 Å². The molecule has 0 aromatic heterocycles. The molecule has 0 saturated carbocycles. The van der Waals surface area contributed by atoms with E-state index < -0.39 is 6.10 Å². The van der Waals surface area contributed by atoms with Gasteiger partial charge in [-0.25, -0.2) is 0 Å². The Morgan fingerprint density at radius 2 is 2.24 bits per heavy atom. The van der Waals surface area contributed by atoms with Crippen molar-refractivity contribution in [2.24, 2.45) is 0 Å². The molecule has 0 spiro atoms. The van der Waals surface area contributed by atoms with Gasteiger partial charge in [0.05, 0.1) is 6.10 Å². The molecule has 1 aliphatic heterocycles. The number of hydrogen-bond donors (Lipinski definition) is 1. The summed E-state index contributed by atoms with van der Waals surface area (Å²) in [6, 6.07) is 5.86. The number of ether oxygens (including phenoxy) is 1. The first-order valence-electron chi connectivity index (χ1n) is 6.27. The van der Waals surface area contributed by atoms with Crippen LogP contribution in [0.5, 0.6) is 5.75 Å². The van der Waals surface area contributed by atoms with E-state index in [-0.39, 0.29) is 5.60 Å². The van der Waals surface area contributed by atoms with E-state index in [9.17, 15) is 5.11 Å². The van der Waals surface area contributed by atoms with Gasteiger partial charge in [-0.15, -0.1) is 0 Å². The molecule has 1 N–H and O–H groups in total. The van der Waals surface area contributed by atoms with Gasteiger partial charge in [-0.2, -0.15) is 0 Å². The minimum absolute atomic E-state index is 0.186. The molecule has 94 valence electrons. The van der Waals surface area contributed by atoms with Crippen LogP contribution in [0.3, 0.4) is 0 Å². The maximum atomic E-state index is 10.3. The van der Waals surface area contributed by atoms with Crippen molar-refractivity contribution in [2.75, 3.05) is 0 Å². The fourth-order valence-corrected chi connectivity index (χ4v) is 2.99. The van der Waals surface area contributed by atoms with Crippen LogP contribution in [0.15, 0.2) is 22.7 Å². The molecule has 1 heterocycles. The van der Waals surface area contributed by atoms with Crippen molar-refractivity contribution in [1.82, 2.24) is 0 Å². The topological polar surface area (TPSA) is 29.5 Å². The molecular weight excluding hydrogens is 280 g/mol. The predicted octanol–water partition coefficient (Wildman–Crippen LogP) is 4.21. The highest BCUT2D eigenvalue weighted by Crippen LogP contribution is 2.43. The zero-order valence-corrected chi connectivity index (χ0v) is 12.0. The van der Waals surface area contributed by atoms with E-state index in [1.54, 1.807) is 0 Å². The molecule has 17 heavy (non-hydrogen) atoms. The summed E-state index contributed by atoms with van der Waals surface area (Å²) >= 11 is 3.43. The first-order chi connectivity index (χ1) is 8.10. The van der Waals surface area contributed by atoms with Gasteiger partial charge in [0.25, 0.3) is 0 Å². The van der Waals surface area contributed by atoms with Crippen LogP contribution >= 0.6 is 15.9 Å². The Labute approximate surface area is 111 Å². The average Bonchev–Trinajstić information content (AvgIpc) is 2.31. The third-order valence-electron chi connectivity index (χ3n) is 3.57. The molecule has 2 rings (SSSR count). The van der Waals surface area contributed by atoms with Gasteiger partial charge < -0.3 is 9.84 Å². The zero-order valence-electron chi connectivity index (χ0n) is 10.4. The number of aliphatic hydroxyl groups excluding tert-OH is 1. The van der Waals surface area contributed by atoms with Crippen LogP contribution in [0.25, 0.3) is 0 Å². The molecule has 0 aliphatic carbocycles. The van der Waals surface area contributed by atoms with E-state index in [1.165, 1.54) is 0 Å². The van der Waals surface area contributed by atoms with Crippen molar-refractivity contribution < 1.29 is 9.84 Å². The normalized spacial score (nSPS) is 27.4. The molecule has 0 amide bonds. The lowest BCUT2D eigenvalue weighted by Crippen LogP contribution is -2.40. The van der Waals surface area contributed by atoms with Gasteiger partial charge in [0.2, 0.25) is 0 Å². The fourth-order valence-electron chi connectivity index (χ4n) is 2.61. The molecular formula is C14H19BrO2. The van der Waals surface area contributed by atoms with Crippen molar-refractivity contribution in [2.45, 2.75) is 51.2 Å². The molecule has 3 heteroatoms. The first-order valence-corrected chi connectivity index (χ1v) is 7.06. The molecule has 2 atom stereocenters. The number of fused-ring (bicyclic) bond motifs is 1. The molecule has 0 bridgehead atoms. The summed E-state index contributed by atoms with van der Waals surface area (Å²) in [5.74, 6) is 0.835. The SMILES string of the molecule is CCCC1(CC)CC(O)c2cc(Br)ccc2O1. The van der Waals surface area contributed by atoms with E-state index in [2.05, 4.69) is 29.8 Å². The molecule has 2 unspecified atom stereocenters. The monoisotopic (exact) mass is 298 g/mol. The van der Waals surface area contributed by atoms with Crippen molar-refractivity contribution in [3.05, 3.63) is 28.2 Å². The van der Waals surface area contributed by atoms with Crippen LogP contribution in [0.2, 0.25) is 0 Å². The molecule has 1 aliphatic rings. The smallest absolute Gasteiger partial charge is 0.126 e. The highest BCUT2D eigenvalue weighted by atomic mass is 79.9. The number of rotatable bonds is 3. The van der Waals surface area contributed by atoms with Crippen molar-refractivity contribution in [3.63, 3.8) is 0 Å². The van der Waals surface area contributed by atoms with Crippen LogP contribution in [0, 0.1) is 0 Å². The molecule has 1 aromatic carbocycles. The standard InChI is InChI=1S/C14H19BrO2/c1-3-7-14(4-2)9-12(16)11-8-10(15)5-6-13(11)17-14/h5-6,8,12,16H,3-4,7,9H2,1-2H3. The van der Waals surface area contributed by atoms with Gasteiger partial charge in [-0.3, -0.25) is 0 Å². The summed E-state index contributed by atoms with van der Waals surface area (Å²) in [6.07, 6.45) is 3.29. The fraction of sp³-hybridized carbons (Fsp3) is 0.571. The van der Waals surface area contributed by atoms with Gasteiger partial charge in [0, 0.05) is 16.5 Å². The number of aliphatic hydroxyl groups is 1. The summed E-state index contributed by atoms with van der Waals surface area (Å²) < 4.78 is 7.14. The molecule has 0 saturated heterocycles. The Kier molecular flexibility index (Phi) is 3.79. The Morgan fingerprint density at radius 1 is 1.47 bits per heavy atom. The van der Waals surface area contributed by atoms with E-state index in [0.717, 1.165) is 35.0 Å².